The van der Waals surface area contributed by atoms with Crippen molar-refractivity contribution in [2.75, 3.05) is 14.2 Å². The van der Waals surface area contributed by atoms with Gasteiger partial charge in [-0.1, -0.05) is 0 Å². The van der Waals surface area contributed by atoms with Gasteiger partial charge >= 0.3 is 5.97 Å². The quantitative estimate of drug-likeness (QED) is 0.440. The average molecular weight is 358 g/mol. The standard InChI is InChI=1S/C21H26O5/c1-24-18-4-3-16(8-19(18)25-2)17(22)9-20(23)26-21-10-13-5-14(11-21)7-15(6-13)12-21/h3-4,8,13-15H,5-7,9-12H2,1-2H3. The molecule has 4 aliphatic carbocycles. The van der Waals surface area contributed by atoms with Crippen LogP contribution in [0.4, 0.5) is 0 Å². The van der Waals surface area contributed by atoms with Crippen molar-refractivity contribution in [3.05, 3.63) is 23.8 Å². The molecule has 0 N–H and O–H groups in total. The average Bonchev–Trinajstić information content (AvgIpc) is 2.59. The molecule has 0 amide bonds. The minimum atomic E-state index is -0.397. The summed E-state index contributed by atoms with van der Waals surface area (Å²) >= 11 is 0. The van der Waals surface area contributed by atoms with Crippen molar-refractivity contribution in [2.24, 2.45) is 17.8 Å². The summed E-state index contributed by atoms with van der Waals surface area (Å²) in [5.41, 5.74) is 0.133. The number of methoxy groups -OCH3 is 2. The minimum Gasteiger partial charge on any atom is -0.493 e. The Kier molecular flexibility index (Phi) is 4.41. The van der Waals surface area contributed by atoms with Gasteiger partial charge in [0.05, 0.1) is 14.2 Å². The summed E-state index contributed by atoms with van der Waals surface area (Å²) in [7, 11) is 3.07. The van der Waals surface area contributed by atoms with Crippen LogP contribution in [0.5, 0.6) is 11.5 Å². The summed E-state index contributed by atoms with van der Waals surface area (Å²) in [6, 6.07) is 4.94. The number of benzene rings is 1. The number of hydrogen-bond donors (Lipinski definition) is 0. The number of esters is 1. The van der Waals surface area contributed by atoms with Gasteiger partial charge < -0.3 is 14.2 Å². The second kappa shape index (κ2) is 6.60. The van der Waals surface area contributed by atoms with Crippen molar-refractivity contribution in [1.82, 2.24) is 0 Å². The Morgan fingerprint density at radius 1 is 0.962 bits per heavy atom. The molecule has 140 valence electrons. The molecule has 0 saturated heterocycles. The van der Waals surface area contributed by atoms with Gasteiger partial charge in [-0.2, -0.15) is 0 Å². The molecule has 5 nitrogen and oxygen atoms in total. The van der Waals surface area contributed by atoms with Gasteiger partial charge in [0.2, 0.25) is 0 Å². The van der Waals surface area contributed by atoms with E-state index in [1.54, 1.807) is 25.3 Å². The van der Waals surface area contributed by atoms with Gasteiger partial charge in [-0.15, -0.1) is 0 Å². The normalized spacial score (nSPS) is 31.5. The summed E-state index contributed by atoms with van der Waals surface area (Å²) in [6.45, 7) is 0. The number of carbonyl (C=O) groups is 2. The number of hydrogen-bond acceptors (Lipinski definition) is 5. The summed E-state index contributed by atoms with van der Waals surface area (Å²) < 4.78 is 16.3. The van der Waals surface area contributed by atoms with Gasteiger partial charge in [-0.3, -0.25) is 9.59 Å². The number of rotatable bonds is 6. The van der Waals surface area contributed by atoms with Crippen molar-refractivity contribution >= 4 is 11.8 Å². The van der Waals surface area contributed by atoms with E-state index in [2.05, 4.69) is 0 Å². The molecule has 26 heavy (non-hydrogen) atoms. The Morgan fingerprint density at radius 2 is 1.54 bits per heavy atom. The van der Waals surface area contributed by atoms with Crippen LogP contribution < -0.4 is 9.47 Å². The van der Waals surface area contributed by atoms with E-state index in [1.807, 2.05) is 0 Å². The summed E-state index contributed by atoms with van der Waals surface area (Å²) in [5, 5.41) is 0. The van der Waals surface area contributed by atoms with Crippen LogP contribution in [0.25, 0.3) is 0 Å². The third-order valence-electron chi connectivity index (χ3n) is 6.32. The third kappa shape index (κ3) is 3.19. The first-order chi connectivity index (χ1) is 12.5. The van der Waals surface area contributed by atoms with Gasteiger partial charge in [-0.25, -0.2) is 0 Å². The lowest BCUT2D eigenvalue weighted by Gasteiger charge is -2.55. The second-order valence-electron chi connectivity index (χ2n) is 8.24. The van der Waals surface area contributed by atoms with Gasteiger partial charge in [0, 0.05) is 5.56 Å². The zero-order chi connectivity index (χ0) is 18.3. The van der Waals surface area contributed by atoms with Gasteiger partial charge in [-0.05, 0) is 74.5 Å². The van der Waals surface area contributed by atoms with E-state index in [-0.39, 0.29) is 17.8 Å². The molecule has 0 radical (unpaired) electrons. The van der Waals surface area contributed by atoms with Crippen LogP contribution in [0.1, 0.15) is 55.3 Å². The molecule has 5 rings (SSSR count). The van der Waals surface area contributed by atoms with E-state index in [0.29, 0.717) is 34.8 Å². The Bertz CT molecular complexity index is 688. The molecular weight excluding hydrogens is 332 g/mol. The van der Waals surface area contributed by atoms with Crippen molar-refractivity contribution < 1.29 is 23.8 Å². The zero-order valence-corrected chi connectivity index (χ0v) is 15.5. The highest BCUT2D eigenvalue weighted by molar-refractivity contribution is 6.06. The molecule has 0 atom stereocenters. The molecule has 0 aliphatic heterocycles. The lowest BCUT2D eigenvalue weighted by molar-refractivity contribution is -0.185. The molecular formula is C21H26O5. The van der Waals surface area contributed by atoms with Crippen LogP contribution in [-0.4, -0.2) is 31.6 Å². The van der Waals surface area contributed by atoms with Crippen molar-refractivity contribution in [3.8, 4) is 11.5 Å². The Hall–Kier alpha value is -2.04. The van der Waals surface area contributed by atoms with E-state index >= 15 is 0 Å². The third-order valence-corrected chi connectivity index (χ3v) is 6.32. The van der Waals surface area contributed by atoms with Crippen LogP contribution in [-0.2, 0) is 9.53 Å². The molecule has 4 aliphatic rings. The monoisotopic (exact) mass is 358 g/mol. The number of Topliss-reactive ketones (excluding diaryl/α,β-unsaturated/α-hetero) is 1. The van der Waals surface area contributed by atoms with Gasteiger partial charge in [0.25, 0.3) is 0 Å². The molecule has 5 heteroatoms. The Balaban J connectivity index is 1.41. The molecule has 4 bridgehead atoms. The van der Waals surface area contributed by atoms with Crippen LogP contribution in [0.15, 0.2) is 18.2 Å². The molecule has 1 aromatic carbocycles. The summed E-state index contributed by atoms with van der Waals surface area (Å²) in [6.07, 6.45) is 6.60. The van der Waals surface area contributed by atoms with Crippen molar-refractivity contribution in [1.29, 1.82) is 0 Å². The van der Waals surface area contributed by atoms with Crippen LogP contribution in [0.2, 0.25) is 0 Å². The Labute approximate surface area is 154 Å². The van der Waals surface area contributed by atoms with E-state index in [1.165, 1.54) is 26.4 Å². The summed E-state index contributed by atoms with van der Waals surface area (Å²) in [4.78, 5) is 25.0. The highest BCUT2D eigenvalue weighted by atomic mass is 16.6. The maximum absolute atomic E-state index is 12.5. The lowest BCUT2D eigenvalue weighted by atomic mass is 9.54. The fourth-order valence-corrected chi connectivity index (χ4v) is 5.68. The predicted octanol–water partition coefficient (Wildman–Crippen LogP) is 3.79. The molecule has 0 aromatic heterocycles. The van der Waals surface area contributed by atoms with Gasteiger partial charge in [0.1, 0.15) is 12.0 Å². The van der Waals surface area contributed by atoms with E-state index < -0.39 is 5.97 Å². The maximum Gasteiger partial charge on any atom is 0.314 e. The number of ether oxygens (including phenoxy) is 3. The second-order valence-corrected chi connectivity index (χ2v) is 8.24. The Morgan fingerprint density at radius 3 is 2.08 bits per heavy atom. The topological polar surface area (TPSA) is 61.8 Å². The van der Waals surface area contributed by atoms with Crippen molar-refractivity contribution in [2.45, 2.75) is 50.5 Å². The molecule has 1 aromatic rings. The first-order valence-electron chi connectivity index (χ1n) is 9.47. The van der Waals surface area contributed by atoms with Gasteiger partial charge in [0.15, 0.2) is 17.3 Å². The van der Waals surface area contributed by atoms with Crippen LogP contribution >= 0.6 is 0 Å². The van der Waals surface area contributed by atoms with E-state index in [9.17, 15) is 9.59 Å². The molecule has 4 saturated carbocycles. The number of carbonyl (C=O) groups excluding carboxylic acids is 2. The zero-order valence-electron chi connectivity index (χ0n) is 15.5. The van der Waals surface area contributed by atoms with Crippen LogP contribution in [0, 0.1) is 17.8 Å². The predicted molar refractivity (Wildman–Crippen MR) is 95.5 cm³/mol. The first-order valence-corrected chi connectivity index (χ1v) is 9.47. The smallest absolute Gasteiger partial charge is 0.314 e. The first kappa shape index (κ1) is 17.4. The largest absolute Gasteiger partial charge is 0.493 e. The molecule has 0 heterocycles. The van der Waals surface area contributed by atoms with Crippen LogP contribution in [0.3, 0.4) is 0 Å². The SMILES string of the molecule is COc1ccc(C(=O)CC(=O)OC23CC4CC(CC(C4)C2)C3)cc1OC. The van der Waals surface area contributed by atoms with E-state index in [0.717, 1.165) is 19.3 Å². The highest BCUT2D eigenvalue weighted by Gasteiger charge is 2.53. The van der Waals surface area contributed by atoms with E-state index in [4.69, 9.17) is 14.2 Å². The highest BCUT2D eigenvalue weighted by Crippen LogP contribution is 2.57. The lowest BCUT2D eigenvalue weighted by Crippen LogP contribution is -2.52. The fraction of sp³-hybridized carbons (Fsp3) is 0.619. The molecule has 0 unspecified atom stereocenters. The number of ketones is 1. The van der Waals surface area contributed by atoms with Crippen molar-refractivity contribution in [3.63, 3.8) is 0 Å². The fourth-order valence-electron chi connectivity index (χ4n) is 5.68. The summed E-state index contributed by atoms with van der Waals surface area (Å²) in [5.74, 6) is 2.50. The minimum absolute atomic E-state index is 0.225. The molecule has 0 spiro atoms. The maximum atomic E-state index is 12.5. The molecule has 4 fully saturated rings.